The normalized spacial score (nSPS) is 11.8. The van der Waals surface area contributed by atoms with Gasteiger partial charge < -0.3 is 4.42 Å². The Bertz CT molecular complexity index is 878. The zero-order valence-electron chi connectivity index (χ0n) is 12.6. The largest absolute Gasteiger partial charge is 0.465 e. The smallest absolute Gasteiger partial charge is 0.126 e. The van der Waals surface area contributed by atoms with E-state index >= 15 is 0 Å². The van der Waals surface area contributed by atoms with Gasteiger partial charge in [-0.25, -0.2) is 0 Å². The average molecular weight is 334 g/mol. The van der Waals surface area contributed by atoms with Crippen molar-refractivity contribution in [3.8, 4) is 10.6 Å². The maximum Gasteiger partial charge on any atom is 0.126 e. The van der Waals surface area contributed by atoms with Gasteiger partial charge in [0.1, 0.15) is 11.5 Å². The molecule has 4 aromatic heterocycles. The highest BCUT2D eigenvalue weighted by atomic mass is 32.1. The maximum atomic E-state index is 5.27. The van der Waals surface area contributed by atoms with E-state index < -0.39 is 0 Å². The lowest BCUT2D eigenvalue weighted by Crippen LogP contribution is -1.71. The van der Waals surface area contributed by atoms with Gasteiger partial charge in [0.05, 0.1) is 22.5 Å². The molecule has 4 aromatic rings. The predicted molar refractivity (Wildman–Crippen MR) is 97.1 cm³/mol. The lowest BCUT2D eigenvalue weighted by Gasteiger charge is -1.87. The Morgan fingerprint density at radius 2 is 1.92 bits per heavy atom. The van der Waals surface area contributed by atoms with Crippen molar-refractivity contribution in [2.24, 2.45) is 0 Å². The minimum absolute atomic E-state index is 0.813. The van der Waals surface area contributed by atoms with Crippen LogP contribution in [-0.2, 0) is 0 Å². The van der Waals surface area contributed by atoms with E-state index in [1.165, 1.54) is 0 Å². The van der Waals surface area contributed by atoms with Crippen LogP contribution in [0.3, 0.4) is 0 Å². The lowest BCUT2D eigenvalue weighted by molar-refractivity contribution is 0.557. The number of furan rings is 1. The van der Waals surface area contributed by atoms with E-state index in [4.69, 9.17) is 4.42 Å². The Hall–Kier alpha value is -3.12. The summed E-state index contributed by atoms with van der Waals surface area (Å²) in [5.74, 6) is 0.813. The van der Waals surface area contributed by atoms with Crippen LogP contribution in [0.25, 0.3) is 34.9 Å². The molecule has 0 radical (unpaired) electrons. The van der Waals surface area contributed by atoms with Gasteiger partial charge in [0, 0.05) is 11.1 Å². The second-order valence-corrected chi connectivity index (χ2v) is 6.22. The van der Waals surface area contributed by atoms with Gasteiger partial charge in [0.15, 0.2) is 0 Å². The molecule has 118 valence electrons. The van der Waals surface area contributed by atoms with Crippen LogP contribution < -0.4 is 0 Å². The number of hydrogen-bond donors (Lipinski definition) is 2. The number of H-pyrrole nitrogens is 2. The monoisotopic (exact) mass is 334 g/mol. The fourth-order valence-electron chi connectivity index (χ4n) is 2.22. The molecule has 0 amide bonds. The number of hydrogen-bond acceptors (Lipinski definition) is 4. The van der Waals surface area contributed by atoms with Gasteiger partial charge in [-0.1, -0.05) is 0 Å². The summed E-state index contributed by atoms with van der Waals surface area (Å²) in [7, 11) is 0. The van der Waals surface area contributed by atoms with Crippen LogP contribution in [0.15, 0.2) is 53.3 Å². The fraction of sp³-hybridized carbons (Fsp3) is 0. The number of aromatic nitrogens is 4. The zero-order chi connectivity index (χ0) is 16.2. The summed E-state index contributed by atoms with van der Waals surface area (Å²) in [6.07, 6.45) is 11.3. The molecule has 0 fully saturated rings. The third-order valence-corrected chi connectivity index (χ3v) is 4.47. The van der Waals surface area contributed by atoms with E-state index in [1.807, 2.05) is 42.5 Å². The molecule has 0 saturated heterocycles. The Morgan fingerprint density at radius 3 is 2.75 bits per heavy atom. The van der Waals surface area contributed by atoms with Gasteiger partial charge >= 0.3 is 0 Å². The highest BCUT2D eigenvalue weighted by Crippen LogP contribution is 2.28. The van der Waals surface area contributed by atoms with Gasteiger partial charge in [-0.2, -0.15) is 10.2 Å². The zero-order valence-corrected chi connectivity index (χ0v) is 13.5. The van der Waals surface area contributed by atoms with E-state index in [-0.39, 0.29) is 0 Å². The Morgan fingerprint density at radius 1 is 0.958 bits per heavy atom. The number of rotatable bonds is 5. The Labute approximate surface area is 142 Å². The third-order valence-electron chi connectivity index (χ3n) is 3.40. The summed E-state index contributed by atoms with van der Waals surface area (Å²) in [4.78, 5) is 2.28. The lowest BCUT2D eigenvalue weighted by atomic mass is 10.3. The van der Waals surface area contributed by atoms with Gasteiger partial charge in [-0.3, -0.25) is 10.2 Å². The van der Waals surface area contributed by atoms with E-state index in [9.17, 15) is 0 Å². The second-order valence-electron chi connectivity index (χ2n) is 5.10. The van der Waals surface area contributed by atoms with Gasteiger partial charge in [0.2, 0.25) is 0 Å². The molecule has 4 rings (SSSR count). The number of nitrogens with zero attached hydrogens (tertiary/aromatic N) is 2. The van der Waals surface area contributed by atoms with Crippen molar-refractivity contribution in [2.75, 3.05) is 0 Å². The van der Waals surface area contributed by atoms with E-state index in [0.717, 1.165) is 32.6 Å². The summed E-state index contributed by atoms with van der Waals surface area (Å²) < 4.78 is 5.27. The SMILES string of the molecule is C(=C\c1ccc(-c2cc(/C=C/c3ccco3)[nH]n2)s1)/c1ccn[nH]1. The first-order valence-electron chi connectivity index (χ1n) is 7.41. The van der Waals surface area contributed by atoms with Crippen LogP contribution >= 0.6 is 11.3 Å². The molecule has 0 atom stereocenters. The molecule has 6 heteroatoms. The Kier molecular flexibility index (Phi) is 3.95. The van der Waals surface area contributed by atoms with E-state index in [1.54, 1.807) is 23.8 Å². The first-order valence-corrected chi connectivity index (χ1v) is 8.23. The van der Waals surface area contributed by atoms with Gasteiger partial charge in [0.25, 0.3) is 0 Å². The van der Waals surface area contributed by atoms with Crippen molar-refractivity contribution in [1.82, 2.24) is 20.4 Å². The molecule has 0 unspecified atom stereocenters. The van der Waals surface area contributed by atoms with Crippen LogP contribution in [0, 0.1) is 0 Å². The molecule has 2 N–H and O–H groups in total. The summed E-state index contributed by atoms with van der Waals surface area (Å²) in [5.41, 5.74) is 2.85. The molecule has 0 aliphatic carbocycles. The van der Waals surface area contributed by atoms with Crippen molar-refractivity contribution >= 4 is 35.6 Å². The molecule has 0 aromatic carbocycles. The first-order chi connectivity index (χ1) is 11.9. The number of aromatic amines is 2. The molecular weight excluding hydrogens is 320 g/mol. The molecule has 0 spiro atoms. The average Bonchev–Trinajstić information content (AvgIpc) is 3.40. The first kappa shape index (κ1) is 14.5. The van der Waals surface area contributed by atoms with Crippen molar-refractivity contribution in [3.05, 3.63) is 70.9 Å². The molecule has 0 aliphatic heterocycles. The van der Waals surface area contributed by atoms with Crippen LogP contribution in [0.5, 0.6) is 0 Å². The predicted octanol–water partition coefficient (Wildman–Crippen LogP) is 4.80. The van der Waals surface area contributed by atoms with Crippen LogP contribution in [0.1, 0.15) is 22.0 Å². The molecule has 0 saturated carbocycles. The van der Waals surface area contributed by atoms with E-state index in [2.05, 4.69) is 38.6 Å². The number of thiophene rings is 1. The molecule has 24 heavy (non-hydrogen) atoms. The topological polar surface area (TPSA) is 70.5 Å². The van der Waals surface area contributed by atoms with Gasteiger partial charge in [-0.05, 0) is 60.7 Å². The molecule has 5 nitrogen and oxygen atoms in total. The molecule has 4 heterocycles. The third kappa shape index (κ3) is 3.28. The van der Waals surface area contributed by atoms with Crippen LogP contribution in [-0.4, -0.2) is 20.4 Å². The fourth-order valence-corrected chi connectivity index (χ4v) is 3.09. The summed E-state index contributed by atoms with van der Waals surface area (Å²) in [6.45, 7) is 0. The highest BCUT2D eigenvalue weighted by Gasteiger charge is 2.05. The second kappa shape index (κ2) is 6.55. The molecule has 0 bridgehead atoms. The van der Waals surface area contributed by atoms with Crippen molar-refractivity contribution in [2.45, 2.75) is 0 Å². The van der Waals surface area contributed by atoms with E-state index in [0.29, 0.717) is 0 Å². The summed E-state index contributed by atoms with van der Waals surface area (Å²) >= 11 is 1.69. The quantitative estimate of drug-likeness (QED) is 0.551. The van der Waals surface area contributed by atoms with Crippen LogP contribution in [0.2, 0.25) is 0 Å². The maximum absolute atomic E-state index is 5.27. The highest BCUT2D eigenvalue weighted by molar-refractivity contribution is 7.16. The molecular formula is C18H14N4OS. The van der Waals surface area contributed by atoms with Crippen molar-refractivity contribution in [1.29, 1.82) is 0 Å². The van der Waals surface area contributed by atoms with Crippen molar-refractivity contribution < 1.29 is 4.42 Å². The summed E-state index contributed by atoms with van der Waals surface area (Å²) in [6, 6.07) is 11.9. The molecule has 0 aliphatic rings. The standard InChI is InChI=1S/C18H14N4OS/c1-2-15(23-11-1)5-3-14-12-17(22-21-14)18-8-7-16(24-18)6-4-13-9-10-19-20-13/h1-12H,(H,19,20)(H,21,22)/b5-3+,6-4+. The minimum Gasteiger partial charge on any atom is -0.465 e. The minimum atomic E-state index is 0.813. The summed E-state index contributed by atoms with van der Waals surface area (Å²) in [5, 5.41) is 14.2. The van der Waals surface area contributed by atoms with Crippen LogP contribution in [0.4, 0.5) is 0 Å². The van der Waals surface area contributed by atoms with Gasteiger partial charge in [-0.15, -0.1) is 11.3 Å². The van der Waals surface area contributed by atoms with Crippen molar-refractivity contribution in [3.63, 3.8) is 0 Å². The Balaban J connectivity index is 1.48. The number of nitrogens with one attached hydrogen (secondary N) is 2.